The van der Waals surface area contributed by atoms with Gasteiger partial charge in [0, 0.05) is 19.2 Å². The zero-order valence-electron chi connectivity index (χ0n) is 12.2. The van der Waals surface area contributed by atoms with Gasteiger partial charge in [-0.3, -0.25) is 0 Å². The van der Waals surface area contributed by atoms with E-state index in [0.717, 1.165) is 28.5 Å². The van der Waals surface area contributed by atoms with Crippen LogP contribution in [0.2, 0.25) is 0 Å². The van der Waals surface area contributed by atoms with Crippen molar-refractivity contribution >= 4 is 0 Å². The van der Waals surface area contributed by atoms with Gasteiger partial charge in [0.2, 0.25) is 0 Å². The number of benzene rings is 1. The van der Waals surface area contributed by atoms with Crippen molar-refractivity contribution in [1.82, 2.24) is 9.55 Å². The maximum atomic E-state index is 5.83. The maximum Gasteiger partial charge on any atom is 0.128 e. The van der Waals surface area contributed by atoms with Gasteiger partial charge >= 0.3 is 0 Å². The van der Waals surface area contributed by atoms with Gasteiger partial charge < -0.3 is 15.0 Å². The lowest BCUT2D eigenvalue weighted by Crippen LogP contribution is -2.03. The van der Waals surface area contributed by atoms with Crippen molar-refractivity contribution in [2.45, 2.75) is 27.3 Å². The summed E-state index contributed by atoms with van der Waals surface area (Å²) in [6.45, 7) is 6.57. The van der Waals surface area contributed by atoms with E-state index in [0.29, 0.717) is 6.54 Å². The molecule has 0 unspecified atom stereocenters. The van der Waals surface area contributed by atoms with Gasteiger partial charge in [0.05, 0.1) is 18.5 Å². The Morgan fingerprint density at radius 3 is 2.53 bits per heavy atom. The summed E-state index contributed by atoms with van der Waals surface area (Å²) in [7, 11) is 3.71. The van der Waals surface area contributed by atoms with Crippen LogP contribution in [0.5, 0.6) is 5.75 Å². The van der Waals surface area contributed by atoms with Crippen LogP contribution in [0.1, 0.15) is 22.6 Å². The Morgan fingerprint density at radius 1 is 1.26 bits per heavy atom. The fraction of sp³-hybridized carbons (Fsp3) is 0.400. The predicted molar refractivity (Wildman–Crippen MR) is 77.3 cm³/mol. The van der Waals surface area contributed by atoms with Crippen LogP contribution in [0.4, 0.5) is 0 Å². The van der Waals surface area contributed by atoms with Crippen molar-refractivity contribution in [3.05, 3.63) is 34.8 Å². The van der Waals surface area contributed by atoms with Gasteiger partial charge in [-0.25, -0.2) is 4.98 Å². The quantitative estimate of drug-likeness (QED) is 0.921. The SMILES string of the molecule is COc1cc(C)cc(C)c1-c1c(CN)nc(C)n1C. The first-order valence-electron chi connectivity index (χ1n) is 6.37. The minimum Gasteiger partial charge on any atom is -0.496 e. The van der Waals surface area contributed by atoms with E-state index in [1.807, 2.05) is 20.0 Å². The third-order valence-electron chi connectivity index (χ3n) is 3.48. The van der Waals surface area contributed by atoms with Crippen molar-refractivity contribution in [2.75, 3.05) is 7.11 Å². The molecule has 2 aromatic rings. The average Bonchev–Trinajstić information content (AvgIpc) is 2.65. The Hall–Kier alpha value is -1.81. The normalized spacial score (nSPS) is 10.8. The second-order valence-electron chi connectivity index (χ2n) is 4.88. The number of rotatable bonds is 3. The second kappa shape index (κ2) is 5.05. The molecule has 19 heavy (non-hydrogen) atoms. The largest absolute Gasteiger partial charge is 0.496 e. The number of hydrogen-bond acceptors (Lipinski definition) is 3. The smallest absolute Gasteiger partial charge is 0.128 e. The average molecular weight is 259 g/mol. The third-order valence-corrected chi connectivity index (χ3v) is 3.48. The summed E-state index contributed by atoms with van der Waals surface area (Å²) in [4.78, 5) is 4.53. The number of nitrogens with zero attached hydrogens (tertiary/aromatic N) is 2. The molecule has 4 heteroatoms. The van der Waals surface area contributed by atoms with Gasteiger partial charge in [-0.15, -0.1) is 0 Å². The zero-order valence-corrected chi connectivity index (χ0v) is 12.2. The molecule has 0 fully saturated rings. The van der Waals surface area contributed by atoms with Gasteiger partial charge in [0.25, 0.3) is 0 Å². The van der Waals surface area contributed by atoms with E-state index in [4.69, 9.17) is 10.5 Å². The molecule has 0 amide bonds. The van der Waals surface area contributed by atoms with Gasteiger partial charge in [-0.2, -0.15) is 0 Å². The van der Waals surface area contributed by atoms with Crippen molar-refractivity contribution in [1.29, 1.82) is 0 Å². The minimum atomic E-state index is 0.424. The molecule has 0 aliphatic rings. The monoisotopic (exact) mass is 259 g/mol. The van der Waals surface area contributed by atoms with E-state index in [1.54, 1.807) is 7.11 Å². The summed E-state index contributed by atoms with van der Waals surface area (Å²) in [6.07, 6.45) is 0. The van der Waals surface area contributed by atoms with Gasteiger partial charge in [-0.1, -0.05) is 6.07 Å². The van der Waals surface area contributed by atoms with Crippen LogP contribution in [0.25, 0.3) is 11.3 Å². The summed E-state index contributed by atoms with van der Waals surface area (Å²) in [6, 6.07) is 4.20. The van der Waals surface area contributed by atoms with E-state index in [9.17, 15) is 0 Å². The number of methoxy groups -OCH3 is 1. The number of hydrogen-bond donors (Lipinski definition) is 1. The molecule has 0 saturated heterocycles. The summed E-state index contributed by atoms with van der Waals surface area (Å²) in [5.74, 6) is 1.83. The maximum absolute atomic E-state index is 5.83. The van der Waals surface area contributed by atoms with E-state index in [1.165, 1.54) is 11.1 Å². The number of nitrogens with two attached hydrogens (primary N) is 1. The molecule has 0 saturated carbocycles. The highest BCUT2D eigenvalue weighted by atomic mass is 16.5. The molecule has 1 aromatic heterocycles. The van der Waals surface area contributed by atoms with Crippen LogP contribution >= 0.6 is 0 Å². The lowest BCUT2D eigenvalue weighted by Gasteiger charge is -2.15. The number of aryl methyl sites for hydroxylation is 3. The summed E-state index contributed by atoms with van der Waals surface area (Å²) in [5.41, 5.74) is 11.2. The predicted octanol–water partition coefficient (Wildman–Crippen LogP) is 2.48. The molecular formula is C15H21N3O. The highest BCUT2D eigenvalue weighted by Crippen LogP contribution is 2.36. The molecule has 0 aliphatic heterocycles. The Morgan fingerprint density at radius 2 is 1.95 bits per heavy atom. The lowest BCUT2D eigenvalue weighted by atomic mass is 10.00. The number of aromatic nitrogens is 2. The molecule has 1 aromatic carbocycles. The molecule has 4 nitrogen and oxygen atoms in total. The number of ether oxygens (including phenoxy) is 1. The first-order chi connectivity index (χ1) is 8.99. The second-order valence-corrected chi connectivity index (χ2v) is 4.88. The first-order valence-corrected chi connectivity index (χ1v) is 6.37. The Balaban J connectivity index is 2.78. The fourth-order valence-corrected chi connectivity index (χ4v) is 2.53. The Bertz CT molecular complexity index is 614. The molecule has 0 bridgehead atoms. The van der Waals surface area contributed by atoms with Crippen LogP contribution in [0, 0.1) is 20.8 Å². The molecule has 0 radical (unpaired) electrons. The molecule has 2 rings (SSSR count). The van der Waals surface area contributed by atoms with E-state index >= 15 is 0 Å². The third kappa shape index (κ3) is 2.24. The molecular weight excluding hydrogens is 238 g/mol. The van der Waals surface area contributed by atoms with E-state index in [2.05, 4.69) is 29.5 Å². The van der Waals surface area contributed by atoms with Crippen molar-refractivity contribution in [3.8, 4) is 17.0 Å². The standard InChI is InChI=1S/C15H21N3O/c1-9-6-10(2)14(13(7-9)19-5)15-12(8-16)17-11(3)18(15)4/h6-7H,8,16H2,1-5H3. The van der Waals surface area contributed by atoms with Crippen molar-refractivity contribution in [2.24, 2.45) is 12.8 Å². The van der Waals surface area contributed by atoms with Crippen LogP contribution in [-0.2, 0) is 13.6 Å². The van der Waals surface area contributed by atoms with Crippen molar-refractivity contribution < 1.29 is 4.74 Å². The Labute approximate surface area is 114 Å². The molecule has 102 valence electrons. The van der Waals surface area contributed by atoms with Crippen LogP contribution in [0.15, 0.2) is 12.1 Å². The van der Waals surface area contributed by atoms with E-state index < -0.39 is 0 Å². The summed E-state index contributed by atoms with van der Waals surface area (Å²) >= 11 is 0. The molecule has 2 N–H and O–H groups in total. The highest BCUT2D eigenvalue weighted by molar-refractivity contribution is 5.74. The van der Waals surface area contributed by atoms with Crippen LogP contribution < -0.4 is 10.5 Å². The minimum absolute atomic E-state index is 0.424. The molecule has 0 aliphatic carbocycles. The highest BCUT2D eigenvalue weighted by Gasteiger charge is 2.19. The first kappa shape index (κ1) is 13.6. The van der Waals surface area contributed by atoms with Gasteiger partial charge in [0.15, 0.2) is 0 Å². The topological polar surface area (TPSA) is 53.1 Å². The summed E-state index contributed by atoms with van der Waals surface area (Å²) < 4.78 is 7.62. The molecule has 0 atom stereocenters. The zero-order chi connectivity index (χ0) is 14.2. The van der Waals surface area contributed by atoms with E-state index in [-0.39, 0.29) is 0 Å². The fourth-order valence-electron chi connectivity index (χ4n) is 2.53. The number of imidazole rings is 1. The molecule has 0 spiro atoms. The van der Waals surface area contributed by atoms with Crippen LogP contribution in [0.3, 0.4) is 0 Å². The van der Waals surface area contributed by atoms with Crippen LogP contribution in [-0.4, -0.2) is 16.7 Å². The lowest BCUT2D eigenvalue weighted by molar-refractivity contribution is 0.415. The summed E-state index contributed by atoms with van der Waals surface area (Å²) in [5, 5.41) is 0. The van der Waals surface area contributed by atoms with Gasteiger partial charge in [0.1, 0.15) is 11.6 Å². The molecule has 1 heterocycles. The van der Waals surface area contributed by atoms with Crippen molar-refractivity contribution in [3.63, 3.8) is 0 Å². The Kier molecular flexibility index (Phi) is 3.62. The van der Waals surface area contributed by atoms with Gasteiger partial charge in [-0.05, 0) is 38.0 Å².